The fourth-order valence-corrected chi connectivity index (χ4v) is 3.82. The number of para-hydroxylation sites is 1. The zero-order chi connectivity index (χ0) is 15.6. The van der Waals surface area contributed by atoms with E-state index in [0.29, 0.717) is 13.0 Å². The van der Waals surface area contributed by atoms with Crippen LogP contribution in [0.15, 0.2) is 24.3 Å². The Morgan fingerprint density at radius 3 is 2.50 bits per heavy atom. The highest BCUT2D eigenvalue weighted by Crippen LogP contribution is 2.49. The molecule has 0 radical (unpaired) electrons. The molecule has 1 aliphatic heterocycles. The van der Waals surface area contributed by atoms with Crippen molar-refractivity contribution >= 4 is 0 Å². The van der Waals surface area contributed by atoms with E-state index in [1.165, 1.54) is 5.56 Å². The van der Waals surface area contributed by atoms with Crippen molar-refractivity contribution < 1.29 is 14.9 Å². The first-order valence-corrected chi connectivity index (χ1v) is 8.45. The van der Waals surface area contributed by atoms with Crippen LogP contribution in [0.5, 0.6) is 5.75 Å². The summed E-state index contributed by atoms with van der Waals surface area (Å²) in [6.07, 6.45) is 2.70. The number of likely N-dealkylation sites (tertiary alicyclic amines) is 1. The van der Waals surface area contributed by atoms with Gasteiger partial charge >= 0.3 is 0 Å². The molecule has 0 bridgehead atoms. The van der Waals surface area contributed by atoms with Crippen molar-refractivity contribution in [2.45, 2.75) is 44.8 Å². The normalized spacial score (nSPS) is 27.6. The van der Waals surface area contributed by atoms with E-state index in [4.69, 9.17) is 4.74 Å². The fourth-order valence-electron chi connectivity index (χ4n) is 3.82. The van der Waals surface area contributed by atoms with Crippen molar-refractivity contribution in [3.05, 3.63) is 29.8 Å². The van der Waals surface area contributed by atoms with Gasteiger partial charge in [0.05, 0.1) is 12.2 Å². The lowest BCUT2D eigenvalue weighted by Gasteiger charge is -2.55. The van der Waals surface area contributed by atoms with E-state index in [9.17, 15) is 10.2 Å². The minimum absolute atomic E-state index is 0.216. The molecule has 0 amide bonds. The molecule has 2 fully saturated rings. The molecule has 22 heavy (non-hydrogen) atoms. The summed E-state index contributed by atoms with van der Waals surface area (Å²) in [7, 11) is 0. The summed E-state index contributed by atoms with van der Waals surface area (Å²) in [6, 6.07) is 8.20. The van der Waals surface area contributed by atoms with E-state index in [0.717, 1.165) is 44.6 Å². The third-order valence-electron chi connectivity index (χ3n) is 5.58. The maximum Gasteiger partial charge on any atom is 0.122 e. The maximum absolute atomic E-state index is 9.96. The van der Waals surface area contributed by atoms with Crippen molar-refractivity contribution in [3.63, 3.8) is 0 Å². The average molecular weight is 305 g/mol. The number of nitrogens with zero attached hydrogens (tertiary/aromatic N) is 1. The lowest BCUT2D eigenvalue weighted by Crippen LogP contribution is -2.61. The van der Waals surface area contributed by atoms with Crippen LogP contribution < -0.4 is 4.74 Å². The molecule has 1 saturated heterocycles. The monoisotopic (exact) mass is 305 g/mol. The Hall–Kier alpha value is -1.10. The van der Waals surface area contributed by atoms with Gasteiger partial charge in [-0.05, 0) is 44.0 Å². The van der Waals surface area contributed by atoms with Crippen LogP contribution in [-0.4, -0.2) is 53.6 Å². The number of aliphatic hydroxyl groups is 2. The zero-order valence-corrected chi connectivity index (χ0v) is 13.4. The Kier molecular flexibility index (Phi) is 4.71. The molecular formula is C18H27NO3. The lowest BCUT2D eigenvalue weighted by molar-refractivity contribution is -0.189. The first-order valence-electron chi connectivity index (χ1n) is 8.45. The van der Waals surface area contributed by atoms with Crippen LogP contribution in [0, 0.1) is 5.41 Å². The third kappa shape index (κ3) is 2.87. The van der Waals surface area contributed by atoms with E-state index < -0.39 is 0 Å². The minimum atomic E-state index is -0.308. The number of hydrogen-bond acceptors (Lipinski definition) is 4. The highest BCUT2D eigenvalue weighted by Gasteiger charge is 2.54. The van der Waals surface area contributed by atoms with Crippen molar-refractivity contribution in [1.82, 2.24) is 4.90 Å². The molecule has 1 aliphatic carbocycles. The number of hydrogen-bond donors (Lipinski definition) is 2. The molecule has 4 heteroatoms. The highest BCUT2D eigenvalue weighted by atomic mass is 16.5. The fraction of sp³-hybridized carbons (Fsp3) is 0.667. The Labute approximate surface area is 132 Å². The molecule has 1 heterocycles. The van der Waals surface area contributed by atoms with Crippen LogP contribution in [0.25, 0.3) is 0 Å². The molecule has 122 valence electrons. The van der Waals surface area contributed by atoms with Gasteiger partial charge in [-0.15, -0.1) is 0 Å². The van der Waals surface area contributed by atoms with Crippen LogP contribution in [0.4, 0.5) is 0 Å². The number of piperidine rings is 1. The molecule has 2 aliphatic rings. The molecular weight excluding hydrogens is 278 g/mol. The molecule has 2 atom stereocenters. The Morgan fingerprint density at radius 2 is 1.86 bits per heavy atom. The molecule has 4 nitrogen and oxygen atoms in total. The quantitative estimate of drug-likeness (QED) is 0.871. The van der Waals surface area contributed by atoms with Gasteiger partial charge < -0.3 is 14.9 Å². The van der Waals surface area contributed by atoms with Crippen molar-refractivity contribution in [2.24, 2.45) is 5.41 Å². The molecule has 0 unspecified atom stereocenters. The zero-order valence-electron chi connectivity index (χ0n) is 13.4. The van der Waals surface area contributed by atoms with Gasteiger partial charge in [-0.25, -0.2) is 0 Å². The summed E-state index contributed by atoms with van der Waals surface area (Å²) in [5.74, 6) is 0.989. The molecule has 1 saturated carbocycles. The molecule has 1 aromatic carbocycles. The predicted octanol–water partition coefficient (Wildman–Crippen LogP) is 1.84. The summed E-state index contributed by atoms with van der Waals surface area (Å²) in [5, 5.41) is 19.9. The van der Waals surface area contributed by atoms with Crippen LogP contribution in [0.2, 0.25) is 0 Å². The third-order valence-corrected chi connectivity index (χ3v) is 5.58. The van der Waals surface area contributed by atoms with Crippen LogP contribution in [0.3, 0.4) is 0 Å². The van der Waals surface area contributed by atoms with E-state index in [1.807, 2.05) is 18.2 Å². The number of rotatable bonds is 5. The SMILES string of the molecule is CCc1ccccc1OCCN1CCC2(CC1)[C@H](O)C[C@@H]2O. The van der Waals surface area contributed by atoms with Crippen molar-refractivity contribution in [1.29, 1.82) is 0 Å². The van der Waals surface area contributed by atoms with Gasteiger partial charge in [0.1, 0.15) is 12.4 Å². The molecule has 2 N–H and O–H groups in total. The summed E-state index contributed by atoms with van der Waals surface area (Å²) in [6.45, 7) is 5.61. The number of aryl methyl sites for hydroxylation is 1. The van der Waals surface area contributed by atoms with Crippen LogP contribution in [0.1, 0.15) is 31.7 Å². The predicted molar refractivity (Wildman–Crippen MR) is 86.1 cm³/mol. The van der Waals surface area contributed by atoms with Gasteiger partial charge in [0, 0.05) is 18.4 Å². The number of benzene rings is 1. The van der Waals surface area contributed by atoms with Gasteiger partial charge in [0.2, 0.25) is 0 Å². The second kappa shape index (κ2) is 6.57. The summed E-state index contributed by atoms with van der Waals surface area (Å²) >= 11 is 0. The van der Waals surface area contributed by atoms with E-state index in [1.54, 1.807) is 0 Å². The molecule has 3 rings (SSSR count). The van der Waals surface area contributed by atoms with E-state index in [-0.39, 0.29) is 17.6 Å². The topological polar surface area (TPSA) is 52.9 Å². The Morgan fingerprint density at radius 1 is 1.18 bits per heavy atom. The van der Waals surface area contributed by atoms with Gasteiger partial charge in [0.25, 0.3) is 0 Å². The summed E-state index contributed by atoms with van der Waals surface area (Å²) in [5.41, 5.74) is 1.03. The Balaban J connectivity index is 1.44. The molecule has 0 aromatic heterocycles. The van der Waals surface area contributed by atoms with Gasteiger partial charge in [-0.3, -0.25) is 4.90 Å². The maximum atomic E-state index is 9.96. The molecule has 1 aromatic rings. The largest absolute Gasteiger partial charge is 0.492 e. The summed E-state index contributed by atoms with van der Waals surface area (Å²) in [4.78, 5) is 2.37. The first kappa shape index (κ1) is 15.8. The summed E-state index contributed by atoms with van der Waals surface area (Å²) < 4.78 is 5.92. The second-order valence-corrected chi connectivity index (χ2v) is 6.65. The van der Waals surface area contributed by atoms with Gasteiger partial charge in [-0.2, -0.15) is 0 Å². The Bertz CT molecular complexity index is 487. The number of ether oxygens (including phenoxy) is 1. The molecule has 1 spiro atoms. The van der Waals surface area contributed by atoms with E-state index >= 15 is 0 Å². The van der Waals surface area contributed by atoms with Crippen molar-refractivity contribution in [3.8, 4) is 5.75 Å². The first-order chi connectivity index (χ1) is 10.7. The van der Waals surface area contributed by atoms with Crippen LogP contribution in [-0.2, 0) is 6.42 Å². The highest BCUT2D eigenvalue weighted by molar-refractivity contribution is 5.33. The standard InChI is InChI=1S/C18H27NO3/c1-2-14-5-3-4-6-15(14)22-12-11-19-9-7-18(8-10-19)16(20)13-17(18)21/h3-6,16-17,20-21H,2,7-13H2,1H3/t16-,17+. The van der Waals surface area contributed by atoms with Crippen LogP contribution >= 0.6 is 0 Å². The number of aliphatic hydroxyl groups excluding tert-OH is 2. The smallest absolute Gasteiger partial charge is 0.122 e. The second-order valence-electron chi connectivity index (χ2n) is 6.65. The lowest BCUT2D eigenvalue weighted by atomic mass is 9.58. The van der Waals surface area contributed by atoms with Crippen molar-refractivity contribution in [2.75, 3.05) is 26.2 Å². The van der Waals surface area contributed by atoms with Gasteiger partial charge in [-0.1, -0.05) is 25.1 Å². The minimum Gasteiger partial charge on any atom is -0.492 e. The van der Waals surface area contributed by atoms with E-state index in [2.05, 4.69) is 17.9 Å². The average Bonchev–Trinajstić information content (AvgIpc) is 2.56. The van der Waals surface area contributed by atoms with Gasteiger partial charge in [0.15, 0.2) is 0 Å².